The molecule has 5 aromatic rings. The number of rotatable bonds is 35. The number of benzene rings is 5. The molecule has 0 aliphatic heterocycles. The second kappa shape index (κ2) is 29.9. The van der Waals surface area contributed by atoms with Crippen molar-refractivity contribution < 1.29 is 28.6 Å². The van der Waals surface area contributed by atoms with Gasteiger partial charge in [-0.05, 0) is 68.4 Å². The van der Waals surface area contributed by atoms with Gasteiger partial charge in [-0.3, -0.25) is 9.59 Å². The Morgan fingerprint density at radius 1 is 0.422 bits per heavy atom. The van der Waals surface area contributed by atoms with Crippen molar-refractivity contribution in [1.29, 1.82) is 0 Å². The third kappa shape index (κ3) is 17.5. The lowest BCUT2D eigenvalue weighted by Crippen LogP contribution is -2.31. The monoisotopic (exact) mass is 873 g/mol. The van der Waals surface area contributed by atoms with Gasteiger partial charge in [-0.2, -0.15) is 0 Å². The molecule has 0 amide bonds. The van der Waals surface area contributed by atoms with Crippen molar-refractivity contribution in [1.82, 2.24) is 0 Å². The first-order valence-electron chi connectivity index (χ1n) is 25.8. The van der Waals surface area contributed by atoms with Crippen LogP contribution in [-0.2, 0) is 23.8 Å². The van der Waals surface area contributed by atoms with Crippen LogP contribution in [0, 0.1) is 0 Å². The largest absolute Gasteiger partial charge is 0.462 e. The zero-order valence-corrected chi connectivity index (χ0v) is 39.7. The molecular weight excluding hydrogens is 793 g/mol. The maximum Gasteiger partial charge on any atom is 0.338 e. The van der Waals surface area contributed by atoms with Gasteiger partial charge < -0.3 is 14.2 Å². The Labute approximate surface area is 385 Å². The molecule has 0 spiro atoms. The average molecular weight is 873 g/mol. The Bertz CT molecular complexity index is 2050. The fourth-order valence-electron chi connectivity index (χ4n) is 9.22. The molecule has 0 heterocycles. The van der Waals surface area contributed by atoms with E-state index >= 15 is 0 Å². The molecule has 0 aliphatic carbocycles. The van der Waals surface area contributed by atoms with Gasteiger partial charge in [0.05, 0.1) is 5.56 Å². The summed E-state index contributed by atoms with van der Waals surface area (Å²) < 4.78 is 17.1. The number of carbonyl (C=O) groups is 3. The van der Waals surface area contributed by atoms with Crippen LogP contribution in [-0.4, -0.2) is 37.2 Å². The van der Waals surface area contributed by atoms with Crippen LogP contribution in [0.5, 0.6) is 0 Å². The molecule has 348 valence electrons. The number of carbonyl (C=O) groups excluding carboxylic acids is 3. The highest BCUT2D eigenvalue weighted by atomic mass is 16.6. The van der Waals surface area contributed by atoms with Gasteiger partial charge in [0.2, 0.25) is 0 Å². The van der Waals surface area contributed by atoms with Gasteiger partial charge in [0, 0.05) is 12.8 Å². The van der Waals surface area contributed by atoms with E-state index in [4.69, 9.17) is 14.2 Å². The van der Waals surface area contributed by atoms with E-state index in [0.717, 1.165) is 49.7 Å². The van der Waals surface area contributed by atoms with Crippen molar-refractivity contribution in [3.63, 3.8) is 0 Å². The van der Waals surface area contributed by atoms with E-state index in [-0.39, 0.29) is 25.2 Å². The zero-order valence-electron chi connectivity index (χ0n) is 39.7. The molecule has 0 saturated heterocycles. The van der Waals surface area contributed by atoms with Crippen LogP contribution in [0.4, 0.5) is 0 Å². The first kappa shape index (κ1) is 50.5. The summed E-state index contributed by atoms with van der Waals surface area (Å²) in [6.45, 7) is 4.20. The lowest BCUT2D eigenvalue weighted by atomic mass is 9.90. The Morgan fingerprint density at radius 3 is 1.36 bits per heavy atom. The summed E-state index contributed by atoms with van der Waals surface area (Å²) in [5, 5.41) is 7.33. The number of unbranched alkanes of at least 4 members (excludes halogenated alkanes) is 24. The van der Waals surface area contributed by atoms with Gasteiger partial charge in [0.25, 0.3) is 0 Å². The predicted octanol–water partition coefficient (Wildman–Crippen LogP) is 16.8. The molecular formula is C58H80O6. The van der Waals surface area contributed by atoms with Crippen molar-refractivity contribution in [3.05, 3.63) is 84.4 Å². The smallest absolute Gasteiger partial charge is 0.338 e. The maximum atomic E-state index is 13.3. The van der Waals surface area contributed by atoms with Crippen molar-refractivity contribution >= 4 is 50.2 Å². The molecule has 1 atom stereocenters. The quantitative estimate of drug-likeness (QED) is 0.0175. The molecule has 0 aliphatic rings. The summed E-state index contributed by atoms with van der Waals surface area (Å²) in [5.74, 6) is -1.18. The van der Waals surface area contributed by atoms with Crippen molar-refractivity contribution in [2.75, 3.05) is 13.2 Å². The number of hydrogen-bond acceptors (Lipinski definition) is 6. The molecule has 0 saturated carbocycles. The summed E-state index contributed by atoms with van der Waals surface area (Å²) >= 11 is 0. The van der Waals surface area contributed by atoms with Crippen molar-refractivity contribution in [2.24, 2.45) is 0 Å². The predicted molar refractivity (Wildman–Crippen MR) is 267 cm³/mol. The summed E-state index contributed by atoms with van der Waals surface area (Å²) in [6, 6.07) is 26.9. The van der Waals surface area contributed by atoms with E-state index in [0.29, 0.717) is 18.4 Å². The van der Waals surface area contributed by atoms with Gasteiger partial charge >= 0.3 is 17.9 Å². The minimum Gasteiger partial charge on any atom is -0.462 e. The molecule has 0 radical (unpaired) electrons. The fourth-order valence-corrected chi connectivity index (χ4v) is 9.22. The topological polar surface area (TPSA) is 78.9 Å². The molecule has 0 N–H and O–H groups in total. The highest BCUT2D eigenvalue weighted by Crippen LogP contribution is 2.39. The molecule has 0 bridgehead atoms. The minimum absolute atomic E-state index is 0.136. The van der Waals surface area contributed by atoms with Gasteiger partial charge in [0.15, 0.2) is 6.10 Å². The van der Waals surface area contributed by atoms with Crippen LogP contribution in [0.3, 0.4) is 0 Å². The third-order valence-electron chi connectivity index (χ3n) is 13.1. The van der Waals surface area contributed by atoms with E-state index in [2.05, 4.69) is 68.4 Å². The standard InChI is InChI=1S/C58H80O6/c1-3-5-7-9-11-13-15-17-19-21-23-25-27-32-54(59)62-44-51(64-55(60)33-28-26-24-22-20-18-16-14-12-10-8-6-4-2)45-63-58(61)50-38-34-46(35-39-50)52-42-40-49-37-36-47-30-29-31-48-41-43-53(52)57(49)56(47)48/h29-31,34-43,51H,3-28,32-33,44-45H2,1-2H3. The zero-order chi connectivity index (χ0) is 45.0. The molecule has 6 heteroatoms. The van der Waals surface area contributed by atoms with Gasteiger partial charge in [0.1, 0.15) is 13.2 Å². The molecule has 5 aromatic carbocycles. The van der Waals surface area contributed by atoms with Crippen molar-refractivity contribution in [3.8, 4) is 11.1 Å². The summed E-state index contributed by atoms with van der Waals surface area (Å²) in [7, 11) is 0. The second-order valence-corrected chi connectivity index (χ2v) is 18.4. The summed E-state index contributed by atoms with van der Waals surface area (Å²) in [5.41, 5.74) is 2.50. The van der Waals surface area contributed by atoms with Crippen LogP contribution in [0.2, 0.25) is 0 Å². The third-order valence-corrected chi connectivity index (χ3v) is 13.1. The fraction of sp³-hybridized carbons (Fsp3) is 0.569. The van der Waals surface area contributed by atoms with E-state index in [1.807, 2.05) is 12.1 Å². The number of esters is 3. The SMILES string of the molecule is CCCCCCCCCCCCCCCC(=O)OCC(COC(=O)c1ccc(-c2ccc3ccc4cccc5ccc2c3c45)cc1)OC(=O)CCCCCCCCCCCCCCC. The molecule has 1 unspecified atom stereocenters. The molecule has 0 aromatic heterocycles. The van der Waals surface area contributed by atoms with E-state index < -0.39 is 12.1 Å². The van der Waals surface area contributed by atoms with E-state index in [1.165, 1.54) is 161 Å². The van der Waals surface area contributed by atoms with Gasteiger partial charge in [-0.1, -0.05) is 235 Å². The average Bonchev–Trinajstić information content (AvgIpc) is 3.32. The first-order valence-corrected chi connectivity index (χ1v) is 25.8. The molecule has 0 fully saturated rings. The highest BCUT2D eigenvalue weighted by Gasteiger charge is 2.21. The van der Waals surface area contributed by atoms with Crippen LogP contribution in [0.1, 0.15) is 204 Å². The summed E-state index contributed by atoms with van der Waals surface area (Å²) in [6.07, 6.45) is 31.8. The van der Waals surface area contributed by atoms with Crippen LogP contribution < -0.4 is 0 Å². The molecule has 6 nitrogen and oxygen atoms in total. The summed E-state index contributed by atoms with van der Waals surface area (Å²) in [4.78, 5) is 39.1. The maximum absolute atomic E-state index is 13.3. The highest BCUT2D eigenvalue weighted by molar-refractivity contribution is 6.25. The van der Waals surface area contributed by atoms with Crippen LogP contribution >= 0.6 is 0 Å². The lowest BCUT2D eigenvalue weighted by molar-refractivity contribution is -0.161. The molecule has 64 heavy (non-hydrogen) atoms. The Morgan fingerprint density at radius 2 is 0.844 bits per heavy atom. The Balaban J connectivity index is 1.06. The van der Waals surface area contributed by atoms with Gasteiger partial charge in [-0.15, -0.1) is 0 Å². The van der Waals surface area contributed by atoms with Gasteiger partial charge in [-0.25, -0.2) is 4.79 Å². The number of hydrogen-bond donors (Lipinski definition) is 0. The minimum atomic E-state index is -0.870. The first-order chi connectivity index (χ1) is 31.5. The van der Waals surface area contributed by atoms with Crippen LogP contribution in [0.25, 0.3) is 43.4 Å². The second-order valence-electron chi connectivity index (χ2n) is 18.4. The van der Waals surface area contributed by atoms with Crippen molar-refractivity contribution in [2.45, 2.75) is 200 Å². The normalized spacial score (nSPS) is 12.0. The van der Waals surface area contributed by atoms with E-state index in [9.17, 15) is 14.4 Å². The van der Waals surface area contributed by atoms with E-state index in [1.54, 1.807) is 12.1 Å². The molecule has 5 rings (SSSR count). The Kier molecular flexibility index (Phi) is 23.6. The lowest BCUT2D eigenvalue weighted by Gasteiger charge is -2.18. The number of ether oxygens (including phenoxy) is 3. The Hall–Kier alpha value is -4.45. The van der Waals surface area contributed by atoms with Crippen LogP contribution in [0.15, 0.2) is 78.9 Å².